The lowest BCUT2D eigenvalue weighted by Gasteiger charge is -2.05. The summed E-state index contributed by atoms with van der Waals surface area (Å²) in [6.45, 7) is 2.04. The van der Waals surface area contributed by atoms with Gasteiger partial charge in [-0.15, -0.1) is 0 Å². The molecule has 4 heteroatoms. The second kappa shape index (κ2) is 4.75. The summed E-state index contributed by atoms with van der Waals surface area (Å²) in [5.74, 6) is 0.877. The first-order valence-electron chi connectivity index (χ1n) is 5.41. The van der Waals surface area contributed by atoms with E-state index in [9.17, 15) is 0 Å². The SMILES string of the molecule is COc1cccc(-c2sc(N(C)C)nc2C)c1. The van der Waals surface area contributed by atoms with Crippen LogP contribution in [0.25, 0.3) is 10.4 Å². The molecule has 1 heterocycles. The molecule has 2 rings (SSSR count). The monoisotopic (exact) mass is 248 g/mol. The molecule has 0 fully saturated rings. The van der Waals surface area contributed by atoms with Crippen LogP contribution in [0.15, 0.2) is 24.3 Å². The summed E-state index contributed by atoms with van der Waals surface area (Å²) >= 11 is 1.70. The summed E-state index contributed by atoms with van der Waals surface area (Å²) in [5, 5.41) is 1.03. The molecular formula is C13H16N2OS. The van der Waals surface area contributed by atoms with Crippen LogP contribution in [0.1, 0.15) is 5.69 Å². The minimum Gasteiger partial charge on any atom is -0.497 e. The van der Waals surface area contributed by atoms with E-state index in [2.05, 4.69) is 11.1 Å². The highest BCUT2D eigenvalue weighted by Crippen LogP contribution is 2.35. The Balaban J connectivity index is 2.45. The number of rotatable bonds is 3. The maximum atomic E-state index is 5.24. The fourth-order valence-corrected chi connectivity index (χ4v) is 2.59. The van der Waals surface area contributed by atoms with Crippen molar-refractivity contribution in [1.82, 2.24) is 4.98 Å². The molecule has 0 aliphatic heterocycles. The van der Waals surface area contributed by atoms with Crippen LogP contribution in [0.2, 0.25) is 0 Å². The van der Waals surface area contributed by atoms with Gasteiger partial charge in [-0.2, -0.15) is 0 Å². The predicted molar refractivity (Wildman–Crippen MR) is 73.2 cm³/mol. The molecule has 3 nitrogen and oxygen atoms in total. The van der Waals surface area contributed by atoms with Gasteiger partial charge in [0.2, 0.25) is 0 Å². The van der Waals surface area contributed by atoms with E-state index in [0.29, 0.717) is 0 Å². The van der Waals surface area contributed by atoms with E-state index in [4.69, 9.17) is 4.74 Å². The average molecular weight is 248 g/mol. The van der Waals surface area contributed by atoms with Crippen LogP contribution in [0.3, 0.4) is 0 Å². The van der Waals surface area contributed by atoms with Gasteiger partial charge in [-0.25, -0.2) is 4.98 Å². The Kier molecular flexibility index (Phi) is 3.33. The van der Waals surface area contributed by atoms with Crippen LogP contribution < -0.4 is 9.64 Å². The Bertz CT molecular complexity index is 520. The Morgan fingerprint density at radius 3 is 2.65 bits per heavy atom. The largest absolute Gasteiger partial charge is 0.497 e. The minimum atomic E-state index is 0.877. The molecule has 0 bridgehead atoms. The Labute approximate surface area is 106 Å². The molecule has 0 N–H and O–H groups in total. The summed E-state index contributed by atoms with van der Waals surface area (Å²) in [7, 11) is 5.70. The third-order valence-corrected chi connectivity index (χ3v) is 3.87. The van der Waals surface area contributed by atoms with Gasteiger partial charge >= 0.3 is 0 Å². The first-order chi connectivity index (χ1) is 8.11. The molecule has 1 aromatic heterocycles. The number of nitrogens with zero attached hydrogens (tertiary/aromatic N) is 2. The highest BCUT2D eigenvalue weighted by atomic mass is 32.1. The molecule has 0 saturated carbocycles. The lowest BCUT2D eigenvalue weighted by molar-refractivity contribution is 0.415. The second-order valence-corrected chi connectivity index (χ2v) is 5.01. The Hall–Kier alpha value is -1.55. The molecule has 0 aliphatic carbocycles. The van der Waals surface area contributed by atoms with Gasteiger partial charge in [0.15, 0.2) is 5.13 Å². The molecule has 0 spiro atoms. The summed E-state index contributed by atoms with van der Waals surface area (Å²) in [4.78, 5) is 7.78. The molecule has 0 amide bonds. The summed E-state index contributed by atoms with van der Waals surface area (Å²) in [6.07, 6.45) is 0. The van der Waals surface area contributed by atoms with E-state index in [1.807, 2.05) is 44.1 Å². The molecule has 0 saturated heterocycles. The first-order valence-corrected chi connectivity index (χ1v) is 6.22. The van der Waals surface area contributed by atoms with Crippen molar-refractivity contribution in [2.45, 2.75) is 6.92 Å². The van der Waals surface area contributed by atoms with Crippen molar-refractivity contribution >= 4 is 16.5 Å². The number of thiazole rings is 1. The van der Waals surface area contributed by atoms with Gasteiger partial charge in [-0.05, 0) is 24.6 Å². The lowest BCUT2D eigenvalue weighted by Crippen LogP contribution is -2.07. The van der Waals surface area contributed by atoms with Crippen molar-refractivity contribution < 1.29 is 4.74 Å². The van der Waals surface area contributed by atoms with Crippen molar-refractivity contribution in [2.75, 3.05) is 26.1 Å². The molecule has 17 heavy (non-hydrogen) atoms. The fourth-order valence-electron chi connectivity index (χ4n) is 1.61. The lowest BCUT2D eigenvalue weighted by atomic mass is 10.1. The first kappa shape index (κ1) is 11.9. The van der Waals surface area contributed by atoms with Crippen molar-refractivity contribution in [3.8, 4) is 16.2 Å². The van der Waals surface area contributed by atoms with Crippen molar-refractivity contribution in [3.05, 3.63) is 30.0 Å². The summed E-state index contributed by atoms with van der Waals surface area (Å²) in [5.41, 5.74) is 2.22. The van der Waals surface area contributed by atoms with Gasteiger partial charge in [0.05, 0.1) is 17.7 Å². The molecule has 2 aromatic rings. The molecule has 0 radical (unpaired) electrons. The van der Waals surface area contributed by atoms with E-state index in [1.165, 1.54) is 4.88 Å². The number of hydrogen-bond acceptors (Lipinski definition) is 4. The van der Waals surface area contributed by atoms with Crippen LogP contribution in [0, 0.1) is 6.92 Å². The number of aryl methyl sites for hydroxylation is 1. The molecule has 0 unspecified atom stereocenters. The summed E-state index contributed by atoms with van der Waals surface area (Å²) in [6, 6.07) is 8.08. The highest BCUT2D eigenvalue weighted by Gasteiger charge is 2.11. The number of benzene rings is 1. The van der Waals surface area contributed by atoms with E-state index in [-0.39, 0.29) is 0 Å². The van der Waals surface area contributed by atoms with Gasteiger partial charge in [-0.3, -0.25) is 0 Å². The van der Waals surface area contributed by atoms with Crippen molar-refractivity contribution in [2.24, 2.45) is 0 Å². The number of hydrogen-bond donors (Lipinski definition) is 0. The van der Waals surface area contributed by atoms with Gasteiger partial charge in [-0.1, -0.05) is 23.5 Å². The van der Waals surface area contributed by atoms with Crippen molar-refractivity contribution in [3.63, 3.8) is 0 Å². The number of aromatic nitrogens is 1. The smallest absolute Gasteiger partial charge is 0.185 e. The van der Waals surface area contributed by atoms with E-state index in [1.54, 1.807) is 18.4 Å². The summed E-state index contributed by atoms with van der Waals surface area (Å²) < 4.78 is 5.24. The number of ether oxygens (including phenoxy) is 1. The Morgan fingerprint density at radius 1 is 1.29 bits per heavy atom. The van der Waals surface area contributed by atoms with E-state index >= 15 is 0 Å². The molecular weight excluding hydrogens is 232 g/mol. The van der Waals surface area contributed by atoms with Crippen LogP contribution >= 0.6 is 11.3 Å². The maximum Gasteiger partial charge on any atom is 0.185 e. The normalized spacial score (nSPS) is 10.4. The van der Waals surface area contributed by atoms with Crippen LogP contribution in [0.5, 0.6) is 5.75 Å². The predicted octanol–water partition coefficient (Wildman–Crippen LogP) is 3.19. The molecule has 1 aromatic carbocycles. The molecule has 0 atom stereocenters. The zero-order valence-electron chi connectivity index (χ0n) is 10.5. The Morgan fingerprint density at radius 2 is 2.06 bits per heavy atom. The second-order valence-electron chi connectivity index (χ2n) is 4.04. The van der Waals surface area contributed by atoms with Gasteiger partial charge in [0.25, 0.3) is 0 Å². The highest BCUT2D eigenvalue weighted by molar-refractivity contribution is 7.19. The van der Waals surface area contributed by atoms with Gasteiger partial charge in [0, 0.05) is 14.1 Å². The van der Waals surface area contributed by atoms with E-state index < -0.39 is 0 Å². The fraction of sp³-hybridized carbons (Fsp3) is 0.308. The van der Waals surface area contributed by atoms with Gasteiger partial charge in [0.1, 0.15) is 5.75 Å². The third-order valence-electron chi connectivity index (χ3n) is 2.50. The molecule has 90 valence electrons. The third kappa shape index (κ3) is 2.42. The maximum absolute atomic E-state index is 5.24. The zero-order valence-corrected chi connectivity index (χ0v) is 11.3. The number of anilines is 1. The zero-order chi connectivity index (χ0) is 12.4. The van der Waals surface area contributed by atoms with E-state index in [0.717, 1.165) is 22.1 Å². The topological polar surface area (TPSA) is 25.4 Å². The standard InChI is InChI=1S/C13H16N2OS/c1-9-12(17-13(14-9)15(2)3)10-6-5-7-11(8-10)16-4/h5-8H,1-4H3. The van der Waals surface area contributed by atoms with Gasteiger partial charge < -0.3 is 9.64 Å². The van der Waals surface area contributed by atoms with Crippen molar-refractivity contribution in [1.29, 1.82) is 0 Å². The van der Waals surface area contributed by atoms with Crippen LogP contribution in [0.4, 0.5) is 5.13 Å². The van der Waals surface area contributed by atoms with Crippen LogP contribution in [-0.4, -0.2) is 26.2 Å². The minimum absolute atomic E-state index is 0.877. The average Bonchev–Trinajstić information content (AvgIpc) is 2.72. The quantitative estimate of drug-likeness (QED) is 0.834. The number of methoxy groups -OCH3 is 1. The molecule has 0 aliphatic rings. The van der Waals surface area contributed by atoms with Crippen LogP contribution in [-0.2, 0) is 0 Å².